The first kappa shape index (κ1) is 18.3. The van der Waals surface area contributed by atoms with E-state index in [1.165, 1.54) is 5.56 Å². The number of morpholine rings is 1. The normalized spacial score (nSPS) is 15.1. The highest BCUT2D eigenvalue weighted by Crippen LogP contribution is 2.18. The van der Waals surface area contributed by atoms with E-state index in [-0.39, 0.29) is 5.91 Å². The van der Waals surface area contributed by atoms with Gasteiger partial charge in [-0.05, 0) is 29.8 Å². The van der Waals surface area contributed by atoms with Gasteiger partial charge in [-0.2, -0.15) is 0 Å². The Morgan fingerprint density at radius 2 is 1.93 bits per heavy atom. The summed E-state index contributed by atoms with van der Waals surface area (Å²) < 4.78 is 5.39. The van der Waals surface area contributed by atoms with Crippen molar-refractivity contribution in [2.24, 2.45) is 0 Å². The van der Waals surface area contributed by atoms with Crippen LogP contribution in [0.4, 0.5) is 5.69 Å². The maximum Gasteiger partial charge on any atom is 0.248 e. The smallest absolute Gasteiger partial charge is 0.248 e. The van der Waals surface area contributed by atoms with Crippen molar-refractivity contribution in [2.75, 3.05) is 31.6 Å². The molecule has 5 heteroatoms. The minimum atomic E-state index is -0.156. The Hall–Kier alpha value is -3.02. The topological polar surface area (TPSA) is 54.5 Å². The van der Waals surface area contributed by atoms with Crippen molar-refractivity contribution in [2.45, 2.75) is 6.54 Å². The zero-order chi connectivity index (χ0) is 19.2. The van der Waals surface area contributed by atoms with Crippen LogP contribution >= 0.6 is 0 Å². The van der Waals surface area contributed by atoms with Crippen LogP contribution in [-0.4, -0.2) is 42.1 Å². The molecule has 1 N–H and O–H groups in total. The van der Waals surface area contributed by atoms with Crippen LogP contribution in [0.1, 0.15) is 11.1 Å². The monoisotopic (exact) mass is 373 g/mol. The Morgan fingerprint density at radius 3 is 2.82 bits per heavy atom. The van der Waals surface area contributed by atoms with Gasteiger partial charge >= 0.3 is 0 Å². The van der Waals surface area contributed by atoms with E-state index in [1.54, 1.807) is 12.3 Å². The van der Waals surface area contributed by atoms with Gasteiger partial charge in [-0.25, -0.2) is 0 Å². The first-order valence-electron chi connectivity index (χ1n) is 9.50. The summed E-state index contributed by atoms with van der Waals surface area (Å²) in [5, 5.41) is 4.00. The number of pyridine rings is 1. The third kappa shape index (κ3) is 4.63. The summed E-state index contributed by atoms with van der Waals surface area (Å²) in [5.41, 5.74) is 3.80. The molecule has 0 unspecified atom stereocenters. The van der Waals surface area contributed by atoms with Crippen LogP contribution in [0.15, 0.2) is 66.9 Å². The average molecular weight is 373 g/mol. The van der Waals surface area contributed by atoms with Gasteiger partial charge in [0.1, 0.15) is 0 Å². The number of para-hydroxylation sites is 1. The second kappa shape index (κ2) is 8.78. The second-order valence-electron chi connectivity index (χ2n) is 6.83. The number of aromatic nitrogens is 1. The number of ether oxygens (including phenoxy) is 1. The molecular weight excluding hydrogens is 350 g/mol. The molecule has 0 aliphatic carbocycles. The molecule has 5 nitrogen and oxygen atoms in total. The molecule has 1 aliphatic heterocycles. The predicted octanol–water partition coefficient (Wildman–Crippen LogP) is 3.72. The van der Waals surface area contributed by atoms with Gasteiger partial charge in [-0.1, -0.05) is 36.4 Å². The van der Waals surface area contributed by atoms with E-state index in [9.17, 15) is 4.79 Å². The van der Waals surface area contributed by atoms with Crippen molar-refractivity contribution >= 4 is 28.6 Å². The maximum absolute atomic E-state index is 12.4. The molecule has 0 spiro atoms. The van der Waals surface area contributed by atoms with Crippen molar-refractivity contribution < 1.29 is 9.53 Å². The lowest BCUT2D eigenvalue weighted by atomic mass is 10.1. The van der Waals surface area contributed by atoms with Crippen LogP contribution in [0, 0.1) is 0 Å². The summed E-state index contributed by atoms with van der Waals surface area (Å²) in [6, 6.07) is 17.9. The largest absolute Gasteiger partial charge is 0.379 e. The summed E-state index contributed by atoms with van der Waals surface area (Å²) in [6.07, 6.45) is 5.13. The van der Waals surface area contributed by atoms with Crippen molar-refractivity contribution in [3.05, 3.63) is 78.0 Å². The Kier molecular flexibility index (Phi) is 5.75. The zero-order valence-electron chi connectivity index (χ0n) is 15.7. The van der Waals surface area contributed by atoms with Gasteiger partial charge < -0.3 is 10.1 Å². The van der Waals surface area contributed by atoms with Gasteiger partial charge in [0.15, 0.2) is 0 Å². The first-order valence-corrected chi connectivity index (χ1v) is 9.50. The number of anilines is 1. The number of nitrogens with one attached hydrogen (secondary N) is 1. The molecule has 0 bridgehead atoms. The summed E-state index contributed by atoms with van der Waals surface area (Å²) in [6.45, 7) is 4.32. The van der Waals surface area contributed by atoms with Gasteiger partial charge in [0.05, 0.1) is 18.7 Å². The van der Waals surface area contributed by atoms with Crippen LogP contribution < -0.4 is 5.32 Å². The lowest BCUT2D eigenvalue weighted by Gasteiger charge is -2.26. The molecule has 142 valence electrons. The van der Waals surface area contributed by atoms with Crippen LogP contribution in [0.25, 0.3) is 17.0 Å². The van der Waals surface area contributed by atoms with Gasteiger partial charge in [-0.15, -0.1) is 0 Å². The Bertz CT molecular complexity index is 989. The SMILES string of the molecule is O=C(/C=C/c1cccc2cccnc12)Nc1cccc(CN2CCOCC2)c1. The summed E-state index contributed by atoms with van der Waals surface area (Å²) >= 11 is 0. The lowest BCUT2D eigenvalue weighted by molar-refractivity contribution is -0.111. The molecule has 0 radical (unpaired) electrons. The fourth-order valence-electron chi connectivity index (χ4n) is 3.38. The lowest BCUT2D eigenvalue weighted by Crippen LogP contribution is -2.35. The number of carbonyl (C=O) groups excluding carboxylic acids is 1. The molecular formula is C23H23N3O2. The molecule has 3 aromatic rings. The van der Waals surface area contributed by atoms with E-state index in [0.717, 1.165) is 55.0 Å². The molecule has 28 heavy (non-hydrogen) atoms. The Labute approximate surface area is 164 Å². The molecule has 2 heterocycles. The van der Waals surface area contributed by atoms with E-state index in [0.29, 0.717) is 0 Å². The molecule has 0 saturated carbocycles. The fourth-order valence-corrected chi connectivity index (χ4v) is 3.38. The number of hydrogen-bond donors (Lipinski definition) is 1. The molecule has 2 aromatic carbocycles. The van der Waals surface area contributed by atoms with Gasteiger partial charge in [-0.3, -0.25) is 14.7 Å². The van der Waals surface area contributed by atoms with E-state index >= 15 is 0 Å². The Balaban J connectivity index is 1.42. The molecule has 4 rings (SSSR count). The van der Waals surface area contributed by atoms with E-state index in [2.05, 4.69) is 21.3 Å². The minimum Gasteiger partial charge on any atom is -0.379 e. The highest BCUT2D eigenvalue weighted by molar-refractivity contribution is 6.03. The molecule has 1 fully saturated rings. The molecule has 1 aliphatic rings. The highest BCUT2D eigenvalue weighted by atomic mass is 16.5. The fraction of sp³-hybridized carbons (Fsp3) is 0.217. The first-order chi connectivity index (χ1) is 13.8. The number of hydrogen-bond acceptors (Lipinski definition) is 4. The number of carbonyl (C=O) groups is 1. The van der Waals surface area contributed by atoms with E-state index in [1.807, 2.05) is 54.6 Å². The average Bonchev–Trinajstić information content (AvgIpc) is 2.73. The van der Waals surface area contributed by atoms with Crippen molar-refractivity contribution in [1.82, 2.24) is 9.88 Å². The van der Waals surface area contributed by atoms with Crippen LogP contribution in [-0.2, 0) is 16.1 Å². The molecule has 1 saturated heterocycles. The van der Waals surface area contributed by atoms with E-state index in [4.69, 9.17) is 4.74 Å². The van der Waals surface area contributed by atoms with Crippen molar-refractivity contribution in [3.8, 4) is 0 Å². The number of fused-ring (bicyclic) bond motifs is 1. The van der Waals surface area contributed by atoms with Crippen molar-refractivity contribution in [3.63, 3.8) is 0 Å². The van der Waals surface area contributed by atoms with Crippen LogP contribution in [0.5, 0.6) is 0 Å². The number of rotatable bonds is 5. The molecule has 1 amide bonds. The number of amides is 1. The highest BCUT2D eigenvalue weighted by Gasteiger charge is 2.11. The third-order valence-corrected chi connectivity index (χ3v) is 4.78. The predicted molar refractivity (Wildman–Crippen MR) is 112 cm³/mol. The quantitative estimate of drug-likeness (QED) is 0.693. The van der Waals surface area contributed by atoms with Crippen LogP contribution in [0.3, 0.4) is 0 Å². The maximum atomic E-state index is 12.4. The number of benzene rings is 2. The number of nitrogens with zero attached hydrogens (tertiary/aromatic N) is 2. The zero-order valence-corrected chi connectivity index (χ0v) is 15.7. The second-order valence-corrected chi connectivity index (χ2v) is 6.83. The third-order valence-electron chi connectivity index (χ3n) is 4.78. The van der Waals surface area contributed by atoms with Crippen LogP contribution in [0.2, 0.25) is 0 Å². The minimum absolute atomic E-state index is 0.156. The summed E-state index contributed by atoms with van der Waals surface area (Å²) in [7, 11) is 0. The van der Waals surface area contributed by atoms with Crippen molar-refractivity contribution in [1.29, 1.82) is 0 Å². The molecule has 0 atom stereocenters. The summed E-state index contributed by atoms with van der Waals surface area (Å²) in [4.78, 5) is 19.2. The van der Waals surface area contributed by atoms with E-state index < -0.39 is 0 Å². The van der Waals surface area contributed by atoms with Gasteiger partial charge in [0.2, 0.25) is 5.91 Å². The molecule has 1 aromatic heterocycles. The van der Waals surface area contributed by atoms with Gasteiger partial charge in [0.25, 0.3) is 0 Å². The standard InChI is InChI=1S/C23H23N3O2/c27-22(10-9-20-6-2-5-19-7-3-11-24-23(19)20)25-21-8-1-4-18(16-21)17-26-12-14-28-15-13-26/h1-11,16H,12-15,17H2,(H,25,27)/b10-9+. The Morgan fingerprint density at radius 1 is 1.11 bits per heavy atom. The summed E-state index contributed by atoms with van der Waals surface area (Å²) in [5.74, 6) is -0.156. The van der Waals surface area contributed by atoms with Gasteiger partial charge in [0, 0.05) is 48.5 Å².